The highest BCUT2D eigenvalue weighted by Crippen LogP contribution is 2.38. The summed E-state index contributed by atoms with van der Waals surface area (Å²) in [7, 11) is 1.59. The Morgan fingerprint density at radius 1 is 1.12 bits per heavy atom. The molecule has 0 bridgehead atoms. The second-order valence-corrected chi connectivity index (χ2v) is 10.4. The van der Waals surface area contributed by atoms with Crippen molar-refractivity contribution in [3.8, 4) is 17.2 Å². The smallest absolute Gasteiger partial charge is 0.224 e. The maximum Gasteiger partial charge on any atom is 0.224 e. The van der Waals surface area contributed by atoms with Gasteiger partial charge in [-0.3, -0.25) is 0 Å². The van der Waals surface area contributed by atoms with Gasteiger partial charge in [0.15, 0.2) is 5.58 Å². The van der Waals surface area contributed by atoms with E-state index in [9.17, 15) is 10.2 Å². The molecule has 3 aromatic rings. The van der Waals surface area contributed by atoms with Gasteiger partial charge in [0.1, 0.15) is 11.6 Å². The quantitative estimate of drug-likeness (QED) is 0.407. The second-order valence-electron chi connectivity index (χ2n) is 10.4. The molecule has 1 aliphatic rings. The SMILES string of the molecule is COc1cc2cc(-c3c(C)nc(NCC(C)(C)C)nc3N[C@@H]3C[C@H](CO)[C@@H](O)C3)oc2c(C)n1. The lowest BCUT2D eigenvalue weighted by molar-refractivity contribution is 0.0908. The van der Waals surface area contributed by atoms with Crippen LogP contribution in [0.2, 0.25) is 0 Å². The van der Waals surface area contributed by atoms with Crippen LogP contribution in [-0.4, -0.2) is 57.6 Å². The topological polar surface area (TPSA) is 126 Å². The predicted octanol–water partition coefficient (Wildman–Crippen LogP) is 3.91. The van der Waals surface area contributed by atoms with Crippen LogP contribution in [0.15, 0.2) is 16.5 Å². The summed E-state index contributed by atoms with van der Waals surface area (Å²) in [5, 5.41) is 27.6. The average Bonchev–Trinajstić information content (AvgIpc) is 3.34. The van der Waals surface area contributed by atoms with Gasteiger partial charge >= 0.3 is 0 Å². The maximum atomic E-state index is 10.3. The summed E-state index contributed by atoms with van der Waals surface area (Å²) in [6.45, 7) is 10.9. The lowest BCUT2D eigenvalue weighted by Crippen LogP contribution is -2.22. The van der Waals surface area contributed by atoms with Crippen LogP contribution < -0.4 is 15.4 Å². The van der Waals surface area contributed by atoms with E-state index in [2.05, 4.69) is 36.4 Å². The van der Waals surface area contributed by atoms with Crippen LogP contribution in [0.3, 0.4) is 0 Å². The number of ether oxygens (including phenoxy) is 1. The Kier molecular flexibility index (Phi) is 6.69. The number of furan rings is 1. The second kappa shape index (κ2) is 9.38. The summed E-state index contributed by atoms with van der Waals surface area (Å²) in [5.74, 6) is 2.19. The van der Waals surface area contributed by atoms with Crippen LogP contribution in [-0.2, 0) is 0 Å². The highest BCUT2D eigenvalue weighted by molar-refractivity contribution is 5.88. The molecule has 184 valence electrons. The highest BCUT2D eigenvalue weighted by Gasteiger charge is 2.33. The van der Waals surface area contributed by atoms with E-state index in [1.165, 1.54) is 0 Å². The van der Waals surface area contributed by atoms with Gasteiger partial charge < -0.3 is 30.0 Å². The van der Waals surface area contributed by atoms with Gasteiger partial charge in [-0.2, -0.15) is 4.98 Å². The Bertz CT molecular complexity index is 1170. The number of rotatable bonds is 7. The number of anilines is 2. The molecule has 9 heteroatoms. The van der Waals surface area contributed by atoms with Crippen LogP contribution >= 0.6 is 0 Å². The average molecular weight is 470 g/mol. The molecule has 3 heterocycles. The van der Waals surface area contributed by atoms with Gasteiger partial charge in [-0.1, -0.05) is 20.8 Å². The van der Waals surface area contributed by atoms with Crippen LogP contribution in [0.4, 0.5) is 11.8 Å². The van der Waals surface area contributed by atoms with E-state index in [1.54, 1.807) is 7.11 Å². The van der Waals surface area contributed by atoms with Gasteiger partial charge in [0.05, 0.1) is 30.2 Å². The fourth-order valence-electron chi connectivity index (χ4n) is 4.41. The van der Waals surface area contributed by atoms with E-state index in [4.69, 9.17) is 19.1 Å². The number of methoxy groups -OCH3 is 1. The number of aromatic nitrogens is 3. The molecule has 0 aliphatic heterocycles. The third-order valence-corrected chi connectivity index (χ3v) is 6.20. The van der Waals surface area contributed by atoms with Crippen molar-refractivity contribution in [3.05, 3.63) is 23.5 Å². The zero-order chi connectivity index (χ0) is 24.6. The third kappa shape index (κ3) is 5.10. The van der Waals surface area contributed by atoms with Crippen molar-refractivity contribution in [1.82, 2.24) is 15.0 Å². The summed E-state index contributed by atoms with van der Waals surface area (Å²) in [5.41, 5.74) is 3.02. The molecule has 3 aromatic heterocycles. The molecule has 0 unspecified atom stereocenters. The third-order valence-electron chi connectivity index (χ3n) is 6.20. The fourth-order valence-corrected chi connectivity index (χ4v) is 4.41. The zero-order valence-electron chi connectivity index (χ0n) is 20.8. The first-order chi connectivity index (χ1) is 16.1. The van der Waals surface area contributed by atoms with Crippen LogP contribution in [0.5, 0.6) is 5.88 Å². The van der Waals surface area contributed by atoms with E-state index < -0.39 is 6.10 Å². The van der Waals surface area contributed by atoms with E-state index in [1.807, 2.05) is 26.0 Å². The molecule has 3 atom stereocenters. The Hall–Kier alpha value is -2.91. The summed E-state index contributed by atoms with van der Waals surface area (Å²) >= 11 is 0. The lowest BCUT2D eigenvalue weighted by Gasteiger charge is -2.21. The van der Waals surface area contributed by atoms with Gasteiger partial charge in [0, 0.05) is 36.6 Å². The number of pyridine rings is 1. The summed E-state index contributed by atoms with van der Waals surface area (Å²) < 4.78 is 11.6. The first-order valence-electron chi connectivity index (χ1n) is 11.7. The van der Waals surface area contributed by atoms with Crippen molar-refractivity contribution in [1.29, 1.82) is 0 Å². The molecule has 0 aromatic carbocycles. The van der Waals surface area contributed by atoms with Crippen molar-refractivity contribution < 1.29 is 19.4 Å². The van der Waals surface area contributed by atoms with E-state index in [-0.39, 0.29) is 24.0 Å². The van der Waals surface area contributed by atoms with Gasteiger partial charge in [-0.15, -0.1) is 0 Å². The molecule has 1 aliphatic carbocycles. The first kappa shape index (κ1) is 24.2. The number of aliphatic hydroxyl groups excluding tert-OH is 2. The summed E-state index contributed by atoms with van der Waals surface area (Å²) in [6.07, 6.45) is 0.657. The van der Waals surface area contributed by atoms with E-state index >= 15 is 0 Å². The molecule has 1 saturated carbocycles. The molecule has 4 rings (SSSR count). The largest absolute Gasteiger partial charge is 0.481 e. The van der Waals surface area contributed by atoms with Crippen molar-refractivity contribution >= 4 is 22.7 Å². The summed E-state index contributed by atoms with van der Waals surface area (Å²) in [6, 6.07) is 3.77. The van der Waals surface area contributed by atoms with Crippen molar-refractivity contribution in [2.24, 2.45) is 11.3 Å². The van der Waals surface area contributed by atoms with Crippen LogP contribution in [0.1, 0.15) is 45.0 Å². The molecular weight excluding hydrogens is 434 g/mol. The molecule has 0 spiro atoms. The number of hydrogen-bond acceptors (Lipinski definition) is 9. The van der Waals surface area contributed by atoms with Crippen molar-refractivity contribution in [2.45, 2.75) is 59.6 Å². The lowest BCUT2D eigenvalue weighted by atomic mass is 9.97. The zero-order valence-corrected chi connectivity index (χ0v) is 20.8. The Morgan fingerprint density at radius 3 is 2.53 bits per heavy atom. The van der Waals surface area contributed by atoms with Crippen molar-refractivity contribution in [2.75, 3.05) is 30.9 Å². The molecule has 1 fully saturated rings. The minimum Gasteiger partial charge on any atom is -0.481 e. The Balaban J connectivity index is 1.76. The van der Waals surface area contributed by atoms with Crippen LogP contribution in [0, 0.1) is 25.2 Å². The van der Waals surface area contributed by atoms with E-state index in [0.717, 1.165) is 28.9 Å². The number of fused-ring (bicyclic) bond motifs is 1. The first-order valence-corrected chi connectivity index (χ1v) is 11.7. The molecule has 0 amide bonds. The summed E-state index contributed by atoms with van der Waals surface area (Å²) in [4.78, 5) is 13.9. The monoisotopic (exact) mass is 469 g/mol. The predicted molar refractivity (Wildman–Crippen MR) is 132 cm³/mol. The molecule has 34 heavy (non-hydrogen) atoms. The van der Waals surface area contributed by atoms with Crippen LogP contribution in [0.25, 0.3) is 22.3 Å². The van der Waals surface area contributed by atoms with Gasteiger partial charge in [-0.05, 0) is 38.2 Å². The van der Waals surface area contributed by atoms with Crippen molar-refractivity contribution in [3.63, 3.8) is 0 Å². The number of aryl methyl sites for hydroxylation is 2. The number of hydrogen-bond donors (Lipinski definition) is 4. The number of aliphatic hydroxyl groups is 2. The van der Waals surface area contributed by atoms with Gasteiger partial charge in [0.25, 0.3) is 0 Å². The molecule has 0 radical (unpaired) electrons. The standard InChI is InChI=1S/C25H35N5O4/c1-13-21(19-8-15-9-20(33-6)27-14(2)22(15)34-19)23(29-17-7-16(11-31)18(32)10-17)30-24(28-13)26-12-25(3,4)5/h8-9,16-18,31-32H,7,10-12H2,1-6H3,(H2,26,28,29,30)/t16-,17-,18+/m1/s1. The van der Waals surface area contributed by atoms with Gasteiger partial charge in [0.2, 0.25) is 11.8 Å². The molecular formula is C25H35N5O4. The number of nitrogens with one attached hydrogen (secondary N) is 2. The maximum absolute atomic E-state index is 10.3. The minimum absolute atomic E-state index is 0.0245. The Morgan fingerprint density at radius 2 is 1.88 bits per heavy atom. The normalized spacial score (nSPS) is 20.6. The van der Waals surface area contributed by atoms with E-state index in [0.29, 0.717) is 41.8 Å². The molecule has 9 nitrogen and oxygen atoms in total. The molecule has 0 saturated heterocycles. The minimum atomic E-state index is -0.542. The highest BCUT2D eigenvalue weighted by atomic mass is 16.5. The molecule has 4 N–H and O–H groups in total. The van der Waals surface area contributed by atoms with Gasteiger partial charge in [-0.25, -0.2) is 9.97 Å². The number of nitrogens with zero attached hydrogens (tertiary/aromatic N) is 3. The fraction of sp³-hybridized carbons (Fsp3) is 0.560. The Labute approximate surface area is 200 Å².